The highest BCUT2D eigenvalue weighted by atomic mass is 32.1. The smallest absolute Gasteiger partial charge is 0.113 e. The second-order valence-corrected chi connectivity index (χ2v) is 7.48. The van der Waals surface area contributed by atoms with Crippen LogP contribution in [0.25, 0.3) is 0 Å². The molecule has 0 spiro atoms. The molecule has 1 heterocycles. The number of nitrogens with two attached hydrogens (primary N) is 1. The van der Waals surface area contributed by atoms with Crippen LogP contribution in [-0.4, -0.2) is 4.98 Å². The number of rotatable bonds is 1. The molecular weight excluding hydrogens is 228 g/mol. The zero-order valence-electron chi connectivity index (χ0n) is 10.9. The summed E-state index contributed by atoms with van der Waals surface area (Å²) in [5, 5.41) is 1.22. The van der Waals surface area contributed by atoms with E-state index in [0.717, 1.165) is 12.8 Å². The Balaban J connectivity index is 2.01. The highest BCUT2D eigenvalue weighted by Crippen LogP contribution is 2.44. The summed E-state index contributed by atoms with van der Waals surface area (Å²) >= 11 is 1.90. The van der Waals surface area contributed by atoms with E-state index in [0.29, 0.717) is 0 Å². The van der Waals surface area contributed by atoms with Gasteiger partial charge in [-0.05, 0) is 32.1 Å². The van der Waals surface area contributed by atoms with Crippen molar-refractivity contribution in [1.82, 2.24) is 4.98 Å². The van der Waals surface area contributed by atoms with Gasteiger partial charge in [-0.3, -0.25) is 0 Å². The monoisotopic (exact) mass is 250 g/mol. The van der Waals surface area contributed by atoms with Gasteiger partial charge in [-0.25, -0.2) is 4.98 Å². The first-order valence-corrected chi connectivity index (χ1v) is 7.62. The van der Waals surface area contributed by atoms with Crippen LogP contribution in [0.3, 0.4) is 0 Å². The molecule has 94 valence electrons. The van der Waals surface area contributed by atoms with Gasteiger partial charge in [-0.2, -0.15) is 0 Å². The molecule has 1 aromatic heterocycles. The minimum atomic E-state index is -0.0991. The Kier molecular flexibility index (Phi) is 2.60. The van der Waals surface area contributed by atoms with E-state index >= 15 is 0 Å². The van der Waals surface area contributed by atoms with Crippen LogP contribution in [0, 0.1) is 0 Å². The summed E-state index contributed by atoms with van der Waals surface area (Å²) in [6.07, 6.45) is 8.57. The van der Waals surface area contributed by atoms with E-state index < -0.39 is 0 Å². The first kappa shape index (κ1) is 11.7. The third-order valence-corrected chi connectivity index (χ3v) is 5.80. The van der Waals surface area contributed by atoms with Gasteiger partial charge in [0.05, 0.1) is 11.2 Å². The average molecular weight is 250 g/mol. The molecule has 1 fully saturated rings. The fourth-order valence-corrected chi connectivity index (χ4v) is 4.73. The summed E-state index contributed by atoms with van der Waals surface area (Å²) in [7, 11) is 0. The number of hydrogen-bond donors (Lipinski definition) is 1. The van der Waals surface area contributed by atoms with E-state index in [2.05, 4.69) is 13.8 Å². The maximum atomic E-state index is 6.53. The highest BCUT2D eigenvalue weighted by molar-refractivity contribution is 7.12. The van der Waals surface area contributed by atoms with Gasteiger partial charge in [-0.1, -0.05) is 26.7 Å². The largest absolute Gasteiger partial charge is 0.319 e. The lowest BCUT2D eigenvalue weighted by Gasteiger charge is -2.28. The molecule has 2 aliphatic carbocycles. The Hall–Kier alpha value is -0.410. The standard InChI is InChI=1S/C14H22N2S/c1-13(2)7-5-6-10-11(13)16-12(17-10)14(15)8-3-4-9-14/h3-9,15H2,1-2H3. The van der Waals surface area contributed by atoms with Crippen molar-refractivity contribution in [3.63, 3.8) is 0 Å². The van der Waals surface area contributed by atoms with Crippen LogP contribution in [0.1, 0.15) is 68.0 Å². The topological polar surface area (TPSA) is 38.9 Å². The molecule has 0 amide bonds. The number of hydrogen-bond acceptors (Lipinski definition) is 3. The van der Waals surface area contributed by atoms with Gasteiger partial charge in [0.15, 0.2) is 0 Å². The third-order valence-electron chi connectivity index (χ3n) is 4.47. The van der Waals surface area contributed by atoms with E-state index in [1.807, 2.05) is 11.3 Å². The van der Waals surface area contributed by atoms with Crippen molar-refractivity contribution < 1.29 is 0 Å². The number of nitrogens with zero attached hydrogens (tertiary/aromatic N) is 1. The van der Waals surface area contributed by atoms with E-state index in [1.54, 1.807) is 0 Å². The van der Waals surface area contributed by atoms with Crippen LogP contribution >= 0.6 is 11.3 Å². The molecule has 1 aromatic rings. The Morgan fingerprint density at radius 3 is 2.47 bits per heavy atom. The Morgan fingerprint density at radius 2 is 1.82 bits per heavy atom. The minimum absolute atomic E-state index is 0.0991. The number of fused-ring (bicyclic) bond motifs is 1. The predicted octanol–water partition coefficient (Wildman–Crippen LogP) is 3.49. The van der Waals surface area contributed by atoms with Gasteiger partial charge in [0.25, 0.3) is 0 Å². The highest BCUT2D eigenvalue weighted by Gasteiger charge is 2.38. The molecule has 2 aliphatic rings. The number of aromatic nitrogens is 1. The first-order chi connectivity index (χ1) is 8.01. The second kappa shape index (κ2) is 3.79. The van der Waals surface area contributed by atoms with E-state index in [4.69, 9.17) is 10.7 Å². The molecule has 3 rings (SSSR count). The quantitative estimate of drug-likeness (QED) is 0.828. The lowest BCUT2D eigenvalue weighted by molar-refractivity contribution is 0.414. The van der Waals surface area contributed by atoms with Crippen molar-refractivity contribution >= 4 is 11.3 Å². The van der Waals surface area contributed by atoms with Crippen LogP contribution in [-0.2, 0) is 17.4 Å². The summed E-state index contributed by atoms with van der Waals surface area (Å²) in [6, 6.07) is 0. The second-order valence-electron chi connectivity index (χ2n) is 6.39. The summed E-state index contributed by atoms with van der Waals surface area (Å²) in [6.45, 7) is 4.65. The van der Waals surface area contributed by atoms with Crippen molar-refractivity contribution in [3.8, 4) is 0 Å². The van der Waals surface area contributed by atoms with Crippen molar-refractivity contribution in [2.75, 3.05) is 0 Å². The van der Waals surface area contributed by atoms with Crippen molar-refractivity contribution in [1.29, 1.82) is 0 Å². The summed E-state index contributed by atoms with van der Waals surface area (Å²) in [5.41, 5.74) is 8.04. The van der Waals surface area contributed by atoms with Crippen LogP contribution in [0.4, 0.5) is 0 Å². The molecule has 0 radical (unpaired) electrons. The van der Waals surface area contributed by atoms with Gasteiger partial charge >= 0.3 is 0 Å². The molecule has 1 saturated carbocycles. The normalized spacial score (nSPS) is 25.8. The van der Waals surface area contributed by atoms with Gasteiger partial charge in [0.2, 0.25) is 0 Å². The summed E-state index contributed by atoms with van der Waals surface area (Å²) in [4.78, 5) is 6.46. The summed E-state index contributed by atoms with van der Waals surface area (Å²) in [5.74, 6) is 0. The fraction of sp³-hybridized carbons (Fsp3) is 0.786. The SMILES string of the molecule is CC1(C)CCCc2sc(C3(N)CCCC3)nc21. The lowest BCUT2D eigenvalue weighted by atomic mass is 9.79. The maximum absolute atomic E-state index is 6.53. The molecule has 0 atom stereocenters. The van der Waals surface area contributed by atoms with Crippen LogP contribution in [0.15, 0.2) is 0 Å². The molecule has 0 aromatic carbocycles. The van der Waals surface area contributed by atoms with Gasteiger partial charge in [0, 0.05) is 10.3 Å². The minimum Gasteiger partial charge on any atom is -0.319 e. The lowest BCUT2D eigenvalue weighted by Crippen LogP contribution is -2.33. The van der Waals surface area contributed by atoms with Crippen molar-refractivity contribution in [2.24, 2.45) is 5.73 Å². The molecule has 0 saturated heterocycles. The van der Waals surface area contributed by atoms with Crippen molar-refractivity contribution in [2.45, 2.75) is 69.7 Å². The van der Waals surface area contributed by atoms with Crippen LogP contribution in [0.2, 0.25) is 0 Å². The first-order valence-electron chi connectivity index (χ1n) is 6.81. The molecule has 17 heavy (non-hydrogen) atoms. The number of aryl methyl sites for hydroxylation is 1. The van der Waals surface area contributed by atoms with E-state index in [-0.39, 0.29) is 11.0 Å². The average Bonchev–Trinajstić information content (AvgIpc) is 2.85. The summed E-state index contributed by atoms with van der Waals surface area (Å²) < 4.78 is 0. The number of thiazole rings is 1. The van der Waals surface area contributed by atoms with Crippen LogP contribution in [0.5, 0.6) is 0 Å². The van der Waals surface area contributed by atoms with Gasteiger partial charge < -0.3 is 5.73 Å². The fourth-order valence-electron chi connectivity index (χ4n) is 3.29. The molecule has 0 bridgehead atoms. The molecule has 3 heteroatoms. The van der Waals surface area contributed by atoms with E-state index in [9.17, 15) is 0 Å². The molecule has 0 aliphatic heterocycles. The van der Waals surface area contributed by atoms with Gasteiger partial charge in [-0.15, -0.1) is 11.3 Å². The van der Waals surface area contributed by atoms with Crippen LogP contribution < -0.4 is 5.73 Å². The molecule has 0 unspecified atom stereocenters. The Morgan fingerprint density at radius 1 is 1.12 bits per heavy atom. The maximum Gasteiger partial charge on any atom is 0.113 e. The zero-order chi connectivity index (χ0) is 12.1. The molecular formula is C14H22N2S. The molecule has 2 N–H and O–H groups in total. The predicted molar refractivity (Wildman–Crippen MR) is 72.4 cm³/mol. The van der Waals surface area contributed by atoms with Crippen molar-refractivity contribution in [3.05, 3.63) is 15.6 Å². The zero-order valence-corrected chi connectivity index (χ0v) is 11.7. The van der Waals surface area contributed by atoms with Gasteiger partial charge in [0.1, 0.15) is 5.01 Å². The Bertz CT molecular complexity index is 427. The molecule has 2 nitrogen and oxygen atoms in total. The third kappa shape index (κ3) is 1.84. The Labute approximate surface area is 108 Å². The van der Waals surface area contributed by atoms with E-state index in [1.165, 1.54) is 47.7 Å².